The number of likely N-dealkylation sites (tertiary alicyclic amines) is 1. The molecule has 2 aromatic heterocycles. The van der Waals surface area contributed by atoms with Crippen molar-refractivity contribution < 1.29 is 14.6 Å². The molecule has 1 N–H and O–H groups in total. The second-order valence-electron chi connectivity index (χ2n) is 9.56. The maximum atomic E-state index is 9.76. The van der Waals surface area contributed by atoms with Gasteiger partial charge in [0.15, 0.2) is 0 Å². The van der Waals surface area contributed by atoms with Gasteiger partial charge < -0.3 is 14.6 Å². The van der Waals surface area contributed by atoms with E-state index < -0.39 is 0 Å². The molecule has 0 spiro atoms. The van der Waals surface area contributed by atoms with E-state index in [1.165, 1.54) is 16.7 Å². The molecule has 0 radical (unpaired) electrons. The van der Waals surface area contributed by atoms with Gasteiger partial charge in [0.25, 0.3) is 0 Å². The lowest BCUT2D eigenvalue weighted by Gasteiger charge is -2.15. The van der Waals surface area contributed by atoms with Gasteiger partial charge in [0.05, 0.1) is 29.3 Å². The Morgan fingerprint density at radius 3 is 2.59 bits per heavy atom. The van der Waals surface area contributed by atoms with Crippen molar-refractivity contribution in [1.82, 2.24) is 19.4 Å². The number of nitrogens with zero attached hydrogens (tertiary/aromatic N) is 4. The maximum Gasteiger partial charge on any atom is 0.139 e. The molecular formula is C30H30N4O3. The molecule has 1 fully saturated rings. The summed E-state index contributed by atoms with van der Waals surface area (Å²) in [6.45, 7) is 3.66. The molecule has 0 bridgehead atoms. The quantitative estimate of drug-likeness (QED) is 0.312. The maximum absolute atomic E-state index is 9.76. The molecule has 188 valence electrons. The number of rotatable bonds is 8. The molecule has 5 aromatic rings. The molecule has 37 heavy (non-hydrogen) atoms. The number of hydrogen-bond donors (Lipinski definition) is 1. The van der Waals surface area contributed by atoms with Gasteiger partial charge in [0.1, 0.15) is 24.5 Å². The third-order valence-corrected chi connectivity index (χ3v) is 6.94. The lowest BCUT2D eigenvalue weighted by molar-refractivity contribution is 0.146. The third-order valence-electron chi connectivity index (χ3n) is 6.94. The monoisotopic (exact) mass is 494 g/mol. The standard InChI is InChI=1S/C30H30N4O3/c1-36-14-15-37-26-8-10-29-28(17-26)31-20-34(29)30-11-7-24-16-23(6-9-27(24)32-30)22-4-2-21(3-5-22)18-33-13-12-25(35)19-33/h2-11,16-17,20,25,35H,12-15,18-19H2,1H3. The Morgan fingerprint density at radius 1 is 0.919 bits per heavy atom. The summed E-state index contributed by atoms with van der Waals surface area (Å²) in [4.78, 5) is 11.8. The van der Waals surface area contributed by atoms with E-state index in [-0.39, 0.29) is 6.10 Å². The summed E-state index contributed by atoms with van der Waals surface area (Å²) in [6, 6.07) is 25.2. The first-order valence-corrected chi connectivity index (χ1v) is 12.7. The van der Waals surface area contributed by atoms with E-state index in [9.17, 15) is 5.11 Å². The minimum Gasteiger partial charge on any atom is -0.491 e. The zero-order valence-corrected chi connectivity index (χ0v) is 20.9. The van der Waals surface area contributed by atoms with E-state index in [4.69, 9.17) is 14.5 Å². The summed E-state index contributed by atoms with van der Waals surface area (Å²) >= 11 is 0. The van der Waals surface area contributed by atoms with E-state index in [0.29, 0.717) is 13.2 Å². The van der Waals surface area contributed by atoms with Crippen molar-refractivity contribution in [2.24, 2.45) is 0 Å². The summed E-state index contributed by atoms with van der Waals surface area (Å²) in [5, 5.41) is 10.9. The van der Waals surface area contributed by atoms with Gasteiger partial charge in [-0.25, -0.2) is 9.97 Å². The largest absolute Gasteiger partial charge is 0.491 e. The fourth-order valence-electron chi connectivity index (χ4n) is 4.95. The van der Waals surface area contributed by atoms with Gasteiger partial charge >= 0.3 is 0 Å². The van der Waals surface area contributed by atoms with Crippen LogP contribution in [0.3, 0.4) is 0 Å². The van der Waals surface area contributed by atoms with Gasteiger partial charge in [0, 0.05) is 38.2 Å². The van der Waals surface area contributed by atoms with Crippen LogP contribution >= 0.6 is 0 Å². The molecular weight excluding hydrogens is 464 g/mol. The van der Waals surface area contributed by atoms with Gasteiger partial charge in [0.2, 0.25) is 0 Å². The second-order valence-corrected chi connectivity index (χ2v) is 9.56. The summed E-state index contributed by atoms with van der Waals surface area (Å²) in [6.07, 6.45) is 2.49. The van der Waals surface area contributed by atoms with Crippen molar-refractivity contribution in [1.29, 1.82) is 0 Å². The molecule has 1 unspecified atom stereocenters. The predicted molar refractivity (Wildman–Crippen MR) is 145 cm³/mol. The van der Waals surface area contributed by atoms with E-state index in [1.54, 1.807) is 13.4 Å². The topological polar surface area (TPSA) is 72.6 Å². The molecule has 3 aromatic carbocycles. The van der Waals surface area contributed by atoms with E-state index in [1.807, 2.05) is 28.8 Å². The van der Waals surface area contributed by atoms with Crippen LogP contribution in [-0.2, 0) is 11.3 Å². The fraction of sp³-hybridized carbons (Fsp3) is 0.267. The lowest BCUT2D eigenvalue weighted by Crippen LogP contribution is -2.21. The number of imidazole rings is 1. The molecule has 1 aliphatic rings. The average molecular weight is 495 g/mol. The normalized spacial score (nSPS) is 16.1. The number of hydrogen-bond acceptors (Lipinski definition) is 6. The Bertz CT molecular complexity index is 1530. The number of aromatic nitrogens is 3. The number of fused-ring (bicyclic) bond motifs is 2. The first-order valence-electron chi connectivity index (χ1n) is 12.7. The van der Waals surface area contributed by atoms with Crippen molar-refractivity contribution in [2.45, 2.75) is 19.1 Å². The molecule has 0 saturated carbocycles. The smallest absolute Gasteiger partial charge is 0.139 e. The summed E-state index contributed by atoms with van der Waals surface area (Å²) in [5.41, 5.74) is 6.39. The number of methoxy groups -OCH3 is 1. The molecule has 1 atom stereocenters. The van der Waals surface area contributed by atoms with Gasteiger partial charge in [-0.05, 0) is 59.5 Å². The van der Waals surface area contributed by atoms with Crippen LogP contribution in [0, 0.1) is 0 Å². The molecule has 1 saturated heterocycles. The summed E-state index contributed by atoms with van der Waals surface area (Å²) < 4.78 is 12.8. The van der Waals surface area contributed by atoms with Gasteiger partial charge in [-0.2, -0.15) is 0 Å². The van der Waals surface area contributed by atoms with E-state index in [0.717, 1.165) is 59.6 Å². The molecule has 3 heterocycles. The molecule has 0 amide bonds. The highest BCUT2D eigenvalue weighted by Gasteiger charge is 2.19. The SMILES string of the molecule is COCCOc1ccc2c(c1)ncn2-c1ccc2cc(-c3ccc(CN4CCC(O)C4)cc3)ccc2n1. The second kappa shape index (κ2) is 10.3. The fourth-order valence-corrected chi connectivity index (χ4v) is 4.95. The van der Waals surface area contributed by atoms with Crippen molar-refractivity contribution in [2.75, 3.05) is 33.4 Å². The number of ether oxygens (including phenoxy) is 2. The van der Waals surface area contributed by atoms with Crippen molar-refractivity contribution >= 4 is 21.9 Å². The lowest BCUT2D eigenvalue weighted by atomic mass is 10.0. The summed E-state index contributed by atoms with van der Waals surface area (Å²) in [7, 11) is 1.66. The third kappa shape index (κ3) is 5.06. The van der Waals surface area contributed by atoms with E-state index >= 15 is 0 Å². The van der Waals surface area contributed by atoms with Crippen LogP contribution in [-0.4, -0.2) is 64.1 Å². The predicted octanol–water partition coefficient (Wildman–Crippen LogP) is 4.83. The number of benzene rings is 3. The average Bonchev–Trinajstić information content (AvgIpc) is 3.54. The van der Waals surface area contributed by atoms with Gasteiger partial charge in [-0.3, -0.25) is 9.47 Å². The molecule has 6 rings (SSSR count). The minimum absolute atomic E-state index is 0.183. The molecule has 1 aliphatic heterocycles. The Morgan fingerprint density at radius 2 is 1.78 bits per heavy atom. The highest BCUT2D eigenvalue weighted by molar-refractivity contribution is 5.86. The highest BCUT2D eigenvalue weighted by Crippen LogP contribution is 2.27. The number of aliphatic hydroxyl groups excluding tert-OH is 1. The van der Waals surface area contributed by atoms with Crippen molar-refractivity contribution in [3.05, 3.63) is 84.7 Å². The van der Waals surface area contributed by atoms with Gasteiger partial charge in [-0.15, -0.1) is 0 Å². The Kier molecular flexibility index (Phi) is 6.57. The number of β-amino-alcohol motifs (C(OH)–C–C–N with tert-alkyl or cyclic N) is 1. The highest BCUT2D eigenvalue weighted by atomic mass is 16.5. The molecule has 7 nitrogen and oxygen atoms in total. The molecule has 7 heteroatoms. The van der Waals surface area contributed by atoms with E-state index in [2.05, 4.69) is 58.4 Å². The van der Waals surface area contributed by atoms with Crippen LogP contribution in [0.5, 0.6) is 5.75 Å². The Hall–Kier alpha value is -3.78. The van der Waals surface area contributed by atoms with Crippen LogP contribution in [0.2, 0.25) is 0 Å². The van der Waals surface area contributed by atoms with Crippen LogP contribution in [0.15, 0.2) is 79.1 Å². The van der Waals surface area contributed by atoms with Gasteiger partial charge in [-0.1, -0.05) is 30.3 Å². The molecule has 0 aliphatic carbocycles. The number of aliphatic hydroxyl groups is 1. The van der Waals surface area contributed by atoms with Crippen LogP contribution in [0.25, 0.3) is 38.9 Å². The van der Waals surface area contributed by atoms with Crippen LogP contribution in [0.1, 0.15) is 12.0 Å². The summed E-state index contributed by atoms with van der Waals surface area (Å²) in [5.74, 6) is 1.60. The Labute approximate surface area is 215 Å². The van der Waals surface area contributed by atoms with Crippen molar-refractivity contribution in [3.8, 4) is 22.7 Å². The minimum atomic E-state index is -0.183. The zero-order chi connectivity index (χ0) is 25.2. The number of pyridine rings is 1. The zero-order valence-electron chi connectivity index (χ0n) is 20.9. The first kappa shape index (κ1) is 23.6. The van der Waals surface area contributed by atoms with Crippen molar-refractivity contribution in [3.63, 3.8) is 0 Å². The van der Waals surface area contributed by atoms with Crippen LogP contribution in [0.4, 0.5) is 0 Å². The van der Waals surface area contributed by atoms with Crippen LogP contribution < -0.4 is 4.74 Å². The first-order chi connectivity index (χ1) is 18.2. The Balaban J connectivity index is 1.21.